The number of thiazole rings is 1. The van der Waals surface area contributed by atoms with Gasteiger partial charge in [-0.05, 0) is 37.5 Å². The van der Waals surface area contributed by atoms with E-state index in [4.69, 9.17) is 4.74 Å². The average molecular weight is 324 g/mol. The number of nitrogens with zero attached hydrogens (tertiary/aromatic N) is 2. The number of carbonyl (C=O) groups is 1. The number of hydrogen-bond acceptors (Lipinski definition) is 5. The van der Waals surface area contributed by atoms with Gasteiger partial charge in [0.1, 0.15) is 16.0 Å². The zero-order chi connectivity index (χ0) is 15.6. The summed E-state index contributed by atoms with van der Waals surface area (Å²) in [5.74, 6) is 0.0735. The molecule has 2 aliphatic heterocycles. The van der Waals surface area contributed by atoms with Crippen molar-refractivity contribution in [2.45, 2.75) is 45.1 Å². The molecular weight excluding hydrogens is 300 g/mol. The topological polar surface area (TPSA) is 62.7 Å². The molecule has 22 heavy (non-hydrogen) atoms. The first-order chi connectivity index (χ1) is 10.7. The van der Waals surface area contributed by atoms with Crippen molar-refractivity contribution in [1.82, 2.24) is 9.88 Å². The molecule has 1 aromatic rings. The normalized spacial score (nSPS) is 24.6. The largest absolute Gasteiger partial charge is 0.396 e. The van der Waals surface area contributed by atoms with Gasteiger partial charge in [0.25, 0.3) is 5.91 Å². The van der Waals surface area contributed by atoms with Crippen molar-refractivity contribution < 1.29 is 14.6 Å². The number of carbonyl (C=O) groups excluding carboxylic acids is 1. The second kappa shape index (κ2) is 6.64. The number of aliphatic hydroxyl groups is 1. The van der Waals surface area contributed by atoms with E-state index in [-0.39, 0.29) is 24.0 Å². The highest BCUT2D eigenvalue weighted by Gasteiger charge is 2.34. The van der Waals surface area contributed by atoms with Gasteiger partial charge >= 0.3 is 0 Å². The van der Waals surface area contributed by atoms with E-state index in [1.165, 1.54) is 11.3 Å². The summed E-state index contributed by atoms with van der Waals surface area (Å²) in [6.45, 7) is 4.57. The molecule has 5 nitrogen and oxygen atoms in total. The lowest BCUT2D eigenvalue weighted by atomic mass is 9.77. The average Bonchev–Trinajstić information content (AvgIpc) is 3.25. The highest BCUT2D eigenvalue weighted by atomic mass is 32.1. The Morgan fingerprint density at radius 3 is 2.91 bits per heavy atom. The molecule has 122 valence electrons. The molecule has 1 aromatic heterocycles. The third-order valence-electron chi connectivity index (χ3n) is 5.14. The fourth-order valence-corrected chi connectivity index (χ4v) is 4.24. The summed E-state index contributed by atoms with van der Waals surface area (Å²) < 4.78 is 5.63. The van der Waals surface area contributed by atoms with Gasteiger partial charge < -0.3 is 14.7 Å². The van der Waals surface area contributed by atoms with Crippen LogP contribution in [0.5, 0.6) is 0 Å². The molecule has 0 bridgehead atoms. The number of likely N-dealkylation sites (tertiary alicyclic amines) is 1. The Morgan fingerprint density at radius 2 is 2.32 bits per heavy atom. The molecule has 6 heteroatoms. The Kier molecular flexibility index (Phi) is 4.80. The minimum absolute atomic E-state index is 0.00727. The Hall–Kier alpha value is -0.980. The smallest absolute Gasteiger partial charge is 0.265 e. The molecule has 3 rings (SSSR count). The lowest BCUT2D eigenvalue weighted by molar-refractivity contribution is 0.0341. The highest BCUT2D eigenvalue weighted by Crippen LogP contribution is 2.36. The zero-order valence-corrected chi connectivity index (χ0v) is 13.9. The van der Waals surface area contributed by atoms with Crippen molar-refractivity contribution in [1.29, 1.82) is 0 Å². The molecule has 1 amide bonds. The maximum absolute atomic E-state index is 12.6. The zero-order valence-electron chi connectivity index (χ0n) is 13.1. The fourth-order valence-electron chi connectivity index (χ4n) is 3.27. The number of rotatable bonds is 4. The van der Waals surface area contributed by atoms with Crippen LogP contribution in [0.25, 0.3) is 0 Å². The second-order valence-corrected chi connectivity index (χ2v) is 7.43. The standard InChI is InChI=1S/C16H24N2O3S/c1-2-16(11-19)5-7-18(8-6-16)15(20)13-10-17-14(22-13)12-4-3-9-21-12/h10,12,19H,2-9,11H2,1H3. The van der Waals surface area contributed by atoms with E-state index in [0.717, 1.165) is 56.8 Å². The fraction of sp³-hybridized carbons (Fsp3) is 0.750. The van der Waals surface area contributed by atoms with Crippen LogP contribution in [-0.2, 0) is 4.74 Å². The van der Waals surface area contributed by atoms with Gasteiger partial charge in [0, 0.05) is 26.3 Å². The van der Waals surface area contributed by atoms with Crippen LogP contribution in [0, 0.1) is 5.41 Å². The van der Waals surface area contributed by atoms with Crippen molar-refractivity contribution in [3.05, 3.63) is 16.1 Å². The number of amides is 1. The summed E-state index contributed by atoms with van der Waals surface area (Å²) >= 11 is 1.47. The summed E-state index contributed by atoms with van der Waals surface area (Å²) in [5.41, 5.74) is 0.00727. The molecule has 0 aromatic carbocycles. The van der Waals surface area contributed by atoms with Gasteiger partial charge in [0.15, 0.2) is 0 Å². The molecule has 1 atom stereocenters. The number of aliphatic hydroxyl groups excluding tert-OH is 1. The van der Waals surface area contributed by atoms with Crippen molar-refractivity contribution in [2.24, 2.45) is 5.41 Å². The van der Waals surface area contributed by atoms with Crippen LogP contribution >= 0.6 is 11.3 Å². The number of piperidine rings is 1. The quantitative estimate of drug-likeness (QED) is 0.925. The molecule has 1 N–H and O–H groups in total. The van der Waals surface area contributed by atoms with Crippen LogP contribution in [0.15, 0.2) is 6.20 Å². The number of aromatic nitrogens is 1. The van der Waals surface area contributed by atoms with Gasteiger partial charge in [-0.15, -0.1) is 11.3 Å². The predicted octanol–water partition coefficient (Wildman–Crippen LogP) is 2.62. The van der Waals surface area contributed by atoms with Crippen LogP contribution in [0.4, 0.5) is 0 Å². The van der Waals surface area contributed by atoms with E-state index in [1.807, 2.05) is 4.90 Å². The SMILES string of the molecule is CCC1(CO)CCN(C(=O)c2cnc(C3CCCO3)s2)CC1. The molecule has 0 radical (unpaired) electrons. The van der Waals surface area contributed by atoms with Gasteiger partial charge in [0.05, 0.1) is 6.20 Å². The van der Waals surface area contributed by atoms with Gasteiger partial charge in [-0.25, -0.2) is 4.98 Å². The first-order valence-corrected chi connectivity index (χ1v) is 8.96. The molecule has 1 unspecified atom stereocenters. The maximum atomic E-state index is 12.6. The minimum Gasteiger partial charge on any atom is -0.396 e. The van der Waals surface area contributed by atoms with Gasteiger partial charge in [-0.3, -0.25) is 4.79 Å². The molecule has 0 spiro atoms. The summed E-state index contributed by atoms with van der Waals surface area (Å²) in [6, 6.07) is 0. The van der Waals surface area contributed by atoms with Gasteiger partial charge in [0.2, 0.25) is 0 Å². The molecule has 2 saturated heterocycles. The monoisotopic (exact) mass is 324 g/mol. The highest BCUT2D eigenvalue weighted by molar-refractivity contribution is 7.13. The third-order valence-corrected chi connectivity index (χ3v) is 6.21. The van der Waals surface area contributed by atoms with Crippen LogP contribution in [0.2, 0.25) is 0 Å². The first kappa shape index (κ1) is 15.9. The van der Waals surface area contributed by atoms with E-state index in [2.05, 4.69) is 11.9 Å². The maximum Gasteiger partial charge on any atom is 0.265 e. The number of hydrogen-bond donors (Lipinski definition) is 1. The lowest BCUT2D eigenvalue weighted by Gasteiger charge is -2.40. The van der Waals surface area contributed by atoms with Crippen LogP contribution in [0.1, 0.15) is 59.8 Å². The Bertz CT molecular complexity index is 511. The van der Waals surface area contributed by atoms with Crippen molar-refractivity contribution in [2.75, 3.05) is 26.3 Å². The molecule has 2 aliphatic rings. The van der Waals surface area contributed by atoms with Gasteiger partial charge in [-0.2, -0.15) is 0 Å². The van der Waals surface area contributed by atoms with E-state index in [1.54, 1.807) is 6.20 Å². The Balaban J connectivity index is 1.62. The first-order valence-electron chi connectivity index (χ1n) is 8.15. The molecule has 2 fully saturated rings. The Labute approximate surface area is 135 Å². The summed E-state index contributed by atoms with van der Waals surface area (Å²) in [4.78, 5) is 19.6. The van der Waals surface area contributed by atoms with Crippen molar-refractivity contribution in [3.63, 3.8) is 0 Å². The summed E-state index contributed by atoms with van der Waals surface area (Å²) in [7, 11) is 0. The molecular formula is C16H24N2O3S. The lowest BCUT2D eigenvalue weighted by Crippen LogP contribution is -2.44. The molecule has 0 saturated carbocycles. The minimum atomic E-state index is 0.00727. The van der Waals surface area contributed by atoms with E-state index in [9.17, 15) is 9.90 Å². The van der Waals surface area contributed by atoms with Crippen LogP contribution in [-0.4, -0.2) is 47.2 Å². The number of ether oxygens (including phenoxy) is 1. The second-order valence-electron chi connectivity index (χ2n) is 6.37. The van der Waals surface area contributed by atoms with E-state index < -0.39 is 0 Å². The predicted molar refractivity (Wildman–Crippen MR) is 85.0 cm³/mol. The van der Waals surface area contributed by atoms with Crippen molar-refractivity contribution in [3.8, 4) is 0 Å². The van der Waals surface area contributed by atoms with Crippen LogP contribution < -0.4 is 0 Å². The van der Waals surface area contributed by atoms with E-state index >= 15 is 0 Å². The summed E-state index contributed by atoms with van der Waals surface area (Å²) in [6.07, 6.45) is 6.56. The third kappa shape index (κ3) is 3.05. The van der Waals surface area contributed by atoms with Crippen molar-refractivity contribution >= 4 is 17.2 Å². The molecule has 0 aliphatic carbocycles. The molecule has 3 heterocycles. The van der Waals surface area contributed by atoms with E-state index in [0.29, 0.717) is 4.88 Å². The Morgan fingerprint density at radius 1 is 1.55 bits per heavy atom. The van der Waals surface area contributed by atoms with Gasteiger partial charge in [-0.1, -0.05) is 6.92 Å². The van der Waals surface area contributed by atoms with Crippen LogP contribution in [0.3, 0.4) is 0 Å². The summed E-state index contributed by atoms with van der Waals surface area (Å²) in [5, 5.41) is 10.5.